The van der Waals surface area contributed by atoms with E-state index in [4.69, 9.17) is 4.98 Å². The Bertz CT molecular complexity index is 1270. The number of imidazole rings is 1. The van der Waals surface area contributed by atoms with E-state index in [1.165, 1.54) is 40.9 Å². The van der Waals surface area contributed by atoms with Crippen LogP contribution in [0.15, 0.2) is 48.7 Å². The fraction of sp³-hybridized carbons (Fsp3) is 0.467. The van der Waals surface area contributed by atoms with Gasteiger partial charge in [-0.1, -0.05) is 18.2 Å². The monoisotopic (exact) mass is 485 g/mol. The van der Waals surface area contributed by atoms with Crippen LogP contribution in [0, 0.1) is 13.8 Å². The first-order valence-electron chi connectivity index (χ1n) is 13.3. The number of fused-ring (bicyclic) bond motifs is 1. The molecule has 1 amide bonds. The summed E-state index contributed by atoms with van der Waals surface area (Å²) in [5.41, 5.74) is 7.27. The Balaban J connectivity index is 1.22. The van der Waals surface area contributed by atoms with Gasteiger partial charge in [0.15, 0.2) is 0 Å². The van der Waals surface area contributed by atoms with Gasteiger partial charge in [0, 0.05) is 26.2 Å². The molecule has 0 aliphatic carbocycles. The molecule has 3 heterocycles. The number of carbonyl (C=O) groups excluding carboxylic acids is 1. The average Bonchev–Trinajstić information content (AvgIpc) is 3.42. The molecule has 190 valence electrons. The molecule has 2 aliphatic heterocycles. The van der Waals surface area contributed by atoms with Crippen LogP contribution in [0.25, 0.3) is 11.0 Å². The topological polar surface area (TPSA) is 53.4 Å². The highest BCUT2D eigenvalue weighted by Crippen LogP contribution is 2.33. The SMILES string of the molecule is CC(=O)Nc1cccc(C2CCN(CCCn3c(C4CC=CN4C)nc4cc(C)c(C)cc43)CC2)c1. The summed E-state index contributed by atoms with van der Waals surface area (Å²) in [4.78, 5) is 21.4. The van der Waals surface area contributed by atoms with Gasteiger partial charge in [-0.25, -0.2) is 4.98 Å². The second kappa shape index (κ2) is 10.5. The Hall–Kier alpha value is -3.12. The molecule has 1 N–H and O–H groups in total. The molecular weight excluding hydrogens is 446 g/mol. The van der Waals surface area contributed by atoms with Crippen molar-refractivity contribution in [2.24, 2.45) is 0 Å². The minimum atomic E-state index is -0.0167. The number of likely N-dealkylation sites (tertiary alicyclic amines) is 1. The highest BCUT2D eigenvalue weighted by molar-refractivity contribution is 5.88. The molecule has 6 heteroatoms. The molecule has 1 saturated heterocycles. The van der Waals surface area contributed by atoms with Crippen LogP contribution in [0.5, 0.6) is 0 Å². The number of rotatable bonds is 7. The lowest BCUT2D eigenvalue weighted by atomic mass is 9.89. The summed E-state index contributed by atoms with van der Waals surface area (Å²) in [6.07, 6.45) is 8.91. The maximum Gasteiger partial charge on any atom is 0.221 e. The number of carbonyl (C=O) groups is 1. The van der Waals surface area contributed by atoms with Crippen LogP contribution in [0.1, 0.15) is 67.1 Å². The number of aromatic nitrogens is 2. The first-order chi connectivity index (χ1) is 17.4. The third-order valence-corrected chi connectivity index (χ3v) is 8.00. The Morgan fingerprint density at radius 1 is 1.08 bits per heavy atom. The van der Waals surface area contributed by atoms with Crippen LogP contribution >= 0.6 is 0 Å². The second-order valence-electron chi connectivity index (χ2n) is 10.6. The van der Waals surface area contributed by atoms with Crippen molar-refractivity contribution in [2.75, 3.05) is 32.0 Å². The lowest BCUT2D eigenvalue weighted by Gasteiger charge is -2.32. The molecule has 1 atom stereocenters. The Labute approximate surface area is 215 Å². The summed E-state index contributed by atoms with van der Waals surface area (Å²) in [7, 11) is 2.16. The summed E-state index contributed by atoms with van der Waals surface area (Å²) >= 11 is 0. The van der Waals surface area contributed by atoms with Crippen LogP contribution in [0.2, 0.25) is 0 Å². The van der Waals surface area contributed by atoms with Crippen LogP contribution in [-0.2, 0) is 11.3 Å². The summed E-state index contributed by atoms with van der Waals surface area (Å²) in [5.74, 6) is 1.74. The number of piperidine rings is 1. The molecule has 5 rings (SSSR count). The summed E-state index contributed by atoms with van der Waals surface area (Å²) in [6.45, 7) is 10.3. The van der Waals surface area contributed by atoms with Crippen molar-refractivity contribution in [3.8, 4) is 0 Å². The molecule has 2 aliphatic rings. The number of benzene rings is 2. The van der Waals surface area contributed by atoms with Gasteiger partial charge in [0.1, 0.15) is 5.82 Å². The number of anilines is 1. The number of hydrogen-bond donors (Lipinski definition) is 1. The van der Waals surface area contributed by atoms with E-state index in [1.807, 2.05) is 6.07 Å². The molecule has 2 aromatic carbocycles. The highest BCUT2D eigenvalue weighted by Gasteiger charge is 2.25. The molecule has 1 fully saturated rings. The maximum atomic E-state index is 11.4. The highest BCUT2D eigenvalue weighted by atomic mass is 16.1. The van der Waals surface area contributed by atoms with Gasteiger partial charge in [0.2, 0.25) is 5.91 Å². The van der Waals surface area contributed by atoms with Crippen LogP contribution in [0.3, 0.4) is 0 Å². The molecule has 6 nitrogen and oxygen atoms in total. The minimum absolute atomic E-state index is 0.0167. The van der Waals surface area contributed by atoms with Gasteiger partial charge in [-0.05, 0) is 112 Å². The number of nitrogens with one attached hydrogen (secondary N) is 1. The first-order valence-corrected chi connectivity index (χ1v) is 13.3. The Morgan fingerprint density at radius 2 is 1.86 bits per heavy atom. The predicted octanol–water partition coefficient (Wildman–Crippen LogP) is 5.77. The van der Waals surface area contributed by atoms with Crippen molar-refractivity contribution in [2.45, 2.75) is 65.0 Å². The average molecular weight is 486 g/mol. The number of amides is 1. The van der Waals surface area contributed by atoms with Gasteiger partial charge in [0.05, 0.1) is 17.1 Å². The standard InChI is InChI=1S/C30H39N5O/c1-21-18-27-29(19-22(21)2)35(30(32-27)28-10-6-13-33(28)4)15-7-14-34-16-11-24(12-17-34)25-8-5-9-26(20-25)31-23(3)36/h5-6,8-9,13,18-20,24,28H,7,10-12,14-17H2,1-4H3,(H,31,36). The van der Waals surface area contributed by atoms with E-state index in [9.17, 15) is 4.79 Å². The van der Waals surface area contributed by atoms with Crippen LogP contribution in [-0.4, -0.2) is 51.9 Å². The normalized spacial score (nSPS) is 18.9. The van der Waals surface area contributed by atoms with Gasteiger partial charge >= 0.3 is 0 Å². The fourth-order valence-corrected chi connectivity index (χ4v) is 5.82. The van der Waals surface area contributed by atoms with Gasteiger partial charge in [0.25, 0.3) is 0 Å². The smallest absolute Gasteiger partial charge is 0.221 e. The van der Waals surface area contributed by atoms with Gasteiger partial charge < -0.3 is 19.7 Å². The molecule has 0 radical (unpaired) electrons. The van der Waals surface area contributed by atoms with Crippen molar-refractivity contribution in [3.05, 3.63) is 71.2 Å². The van der Waals surface area contributed by atoms with Crippen molar-refractivity contribution in [3.63, 3.8) is 0 Å². The molecule has 1 unspecified atom stereocenters. The number of hydrogen-bond acceptors (Lipinski definition) is 4. The van der Waals surface area contributed by atoms with E-state index in [1.54, 1.807) is 6.92 Å². The first kappa shape index (κ1) is 24.6. The van der Waals surface area contributed by atoms with Crippen LogP contribution < -0.4 is 5.32 Å². The summed E-state index contributed by atoms with van der Waals surface area (Å²) in [6, 6.07) is 13.3. The van der Waals surface area contributed by atoms with Gasteiger partial charge in [-0.3, -0.25) is 4.79 Å². The van der Waals surface area contributed by atoms with Crippen molar-refractivity contribution in [1.82, 2.24) is 19.4 Å². The second-order valence-corrected chi connectivity index (χ2v) is 10.6. The fourth-order valence-electron chi connectivity index (χ4n) is 5.82. The zero-order chi connectivity index (χ0) is 25.2. The van der Waals surface area contributed by atoms with E-state index >= 15 is 0 Å². The number of aryl methyl sites for hydroxylation is 3. The molecular formula is C30H39N5O. The van der Waals surface area contributed by atoms with Gasteiger partial charge in [-0.15, -0.1) is 0 Å². The van der Waals surface area contributed by atoms with E-state index in [-0.39, 0.29) is 5.91 Å². The third kappa shape index (κ3) is 5.19. The van der Waals surface area contributed by atoms with Crippen molar-refractivity contribution >= 4 is 22.6 Å². The Kier molecular flexibility index (Phi) is 7.15. The molecule has 0 bridgehead atoms. The van der Waals surface area contributed by atoms with E-state index < -0.39 is 0 Å². The maximum absolute atomic E-state index is 11.4. The largest absolute Gasteiger partial charge is 0.370 e. The summed E-state index contributed by atoms with van der Waals surface area (Å²) < 4.78 is 2.48. The minimum Gasteiger partial charge on any atom is -0.370 e. The lowest BCUT2D eigenvalue weighted by molar-refractivity contribution is -0.114. The zero-order valence-corrected chi connectivity index (χ0v) is 22.1. The third-order valence-electron chi connectivity index (χ3n) is 8.00. The van der Waals surface area contributed by atoms with Crippen molar-refractivity contribution < 1.29 is 4.79 Å². The Morgan fingerprint density at radius 3 is 2.58 bits per heavy atom. The number of nitrogens with zero attached hydrogens (tertiary/aromatic N) is 4. The molecule has 36 heavy (non-hydrogen) atoms. The summed E-state index contributed by atoms with van der Waals surface area (Å²) in [5, 5.41) is 2.92. The van der Waals surface area contributed by atoms with Crippen LogP contribution in [0.4, 0.5) is 5.69 Å². The molecule has 0 spiro atoms. The van der Waals surface area contributed by atoms with Crippen molar-refractivity contribution in [1.29, 1.82) is 0 Å². The molecule has 1 aromatic heterocycles. The quantitative estimate of drug-likeness (QED) is 0.461. The lowest BCUT2D eigenvalue weighted by Crippen LogP contribution is -2.34. The zero-order valence-electron chi connectivity index (χ0n) is 22.1. The molecule has 3 aromatic rings. The predicted molar refractivity (Wildman–Crippen MR) is 147 cm³/mol. The molecule has 0 saturated carbocycles. The van der Waals surface area contributed by atoms with E-state index in [2.05, 4.69) is 83.2 Å². The van der Waals surface area contributed by atoms with E-state index in [0.717, 1.165) is 50.2 Å². The van der Waals surface area contributed by atoms with E-state index in [0.29, 0.717) is 12.0 Å². The van der Waals surface area contributed by atoms with Gasteiger partial charge in [-0.2, -0.15) is 0 Å².